The molecule has 1 aromatic rings. The van der Waals surface area contributed by atoms with E-state index in [1.54, 1.807) is 12.7 Å². The lowest BCUT2D eigenvalue weighted by Crippen LogP contribution is -2.17. The quantitative estimate of drug-likeness (QED) is 0.830. The number of phenols is 1. The van der Waals surface area contributed by atoms with E-state index in [1.807, 2.05) is 12.1 Å². The zero-order valence-electron chi connectivity index (χ0n) is 9.80. The van der Waals surface area contributed by atoms with Crippen LogP contribution in [0.1, 0.15) is 5.56 Å². The molecule has 0 aliphatic carbocycles. The first kappa shape index (κ1) is 12.2. The molecule has 1 radical (unpaired) electrons. The number of hydrogen-bond acceptors (Lipinski definition) is 4. The van der Waals surface area contributed by atoms with Gasteiger partial charge in [0.1, 0.15) is 0 Å². The second kappa shape index (κ2) is 5.38. The van der Waals surface area contributed by atoms with Gasteiger partial charge in [0.05, 0.1) is 20.3 Å². The summed E-state index contributed by atoms with van der Waals surface area (Å²) < 4.78 is 10.3. The fourth-order valence-electron chi connectivity index (χ4n) is 2.09. The van der Waals surface area contributed by atoms with Gasteiger partial charge in [-0.15, -0.1) is 0 Å². The summed E-state index contributed by atoms with van der Waals surface area (Å²) >= 11 is 0. The lowest BCUT2D eigenvalue weighted by atomic mass is 9.90. The predicted octanol–water partition coefficient (Wildman–Crippen LogP) is 1.36. The van der Waals surface area contributed by atoms with Crippen LogP contribution in [-0.4, -0.2) is 30.5 Å². The molecular formula is C13H17O4. The Labute approximate surface area is 101 Å². The van der Waals surface area contributed by atoms with Crippen LogP contribution in [0, 0.1) is 18.4 Å². The lowest BCUT2D eigenvalue weighted by Gasteiger charge is -2.15. The van der Waals surface area contributed by atoms with Crippen LogP contribution in [0.3, 0.4) is 0 Å². The molecule has 2 atom stereocenters. The number of hydrogen-bond donors (Lipinski definition) is 2. The van der Waals surface area contributed by atoms with Gasteiger partial charge in [-0.25, -0.2) is 0 Å². The number of methoxy groups -OCH3 is 1. The maximum atomic E-state index is 9.50. The lowest BCUT2D eigenvalue weighted by molar-refractivity contribution is 0.212. The SMILES string of the molecule is COc1cc(CC2CO[CH]C2CO)ccc1O. The van der Waals surface area contributed by atoms with Gasteiger partial charge in [0.25, 0.3) is 0 Å². The van der Waals surface area contributed by atoms with Crippen LogP contribution in [0.2, 0.25) is 0 Å². The minimum absolute atomic E-state index is 0.0924. The molecule has 1 aromatic carbocycles. The molecule has 4 heteroatoms. The molecule has 0 spiro atoms. The summed E-state index contributed by atoms with van der Waals surface area (Å²) in [6, 6.07) is 5.31. The smallest absolute Gasteiger partial charge is 0.160 e. The Bertz CT molecular complexity index is 378. The third-order valence-electron chi connectivity index (χ3n) is 3.14. The van der Waals surface area contributed by atoms with Crippen molar-refractivity contribution in [3.05, 3.63) is 30.4 Å². The molecule has 1 saturated heterocycles. The highest BCUT2D eigenvalue weighted by Crippen LogP contribution is 2.31. The highest BCUT2D eigenvalue weighted by Gasteiger charge is 2.28. The summed E-state index contributed by atoms with van der Waals surface area (Å²) in [5.74, 6) is 0.999. The average Bonchev–Trinajstić information content (AvgIpc) is 2.79. The van der Waals surface area contributed by atoms with E-state index in [1.165, 1.54) is 7.11 Å². The van der Waals surface area contributed by atoms with Crippen LogP contribution in [0.15, 0.2) is 18.2 Å². The highest BCUT2D eigenvalue weighted by atomic mass is 16.5. The molecule has 17 heavy (non-hydrogen) atoms. The van der Waals surface area contributed by atoms with Crippen molar-refractivity contribution in [2.24, 2.45) is 11.8 Å². The van der Waals surface area contributed by atoms with Crippen molar-refractivity contribution in [1.82, 2.24) is 0 Å². The molecule has 1 aliphatic heterocycles. The summed E-state index contributed by atoms with van der Waals surface area (Å²) in [7, 11) is 1.53. The summed E-state index contributed by atoms with van der Waals surface area (Å²) in [6.07, 6.45) is 0.804. The molecule has 0 saturated carbocycles. The first-order valence-electron chi connectivity index (χ1n) is 5.66. The standard InChI is InChI=1S/C13H17O4/c1-16-13-5-9(2-3-12(13)15)4-10-7-17-8-11(10)6-14/h2-3,5,8,10-11,14-15H,4,6-7H2,1H3. The van der Waals surface area contributed by atoms with Crippen molar-refractivity contribution in [1.29, 1.82) is 0 Å². The van der Waals surface area contributed by atoms with Crippen LogP contribution in [0.25, 0.3) is 0 Å². The number of phenolic OH excluding ortho intramolecular Hbond substituents is 1. The van der Waals surface area contributed by atoms with Crippen LogP contribution in [0.4, 0.5) is 0 Å². The number of rotatable bonds is 4. The minimum Gasteiger partial charge on any atom is -0.504 e. The molecular weight excluding hydrogens is 220 g/mol. The Balaban J connectivity index is 2.08. The van der Waals surface area contributed by atoms with Crippen molar-refractivity contribution in [3.63, 3.8) is 0 Å². The van der Waals surface area contributed by atoms with Crippen molar-refractivity contribution in [2.45, 2.75) is 6.42 Å². The molecule has 0 aromatic heterocycles. The molecule has 1 aliphatic rings. The van der Waals surface area contributed by atoms with Crippen molar-refractivity contribution in [2.75, 3.05) is 20.3 Å². The zero-order chi connectivity index (χ0) is 12.3. The molecule has 2 N–H and O–H groups in total. The maximum Gasteiger partial charge on any atom is 0.160 e. The third kappa shape index (κ3) is 2.70. The van der Waals surface area contributed by atoms with E-state index >= 15 is 0 Å². The number of benzene rings is 1. The van der Waals surface area contributed by atoms with Gasteiger partial charge >= 0.3 is 0 Å². The topological polar surface area (TPSA) is 58.9 Å². The molecule has 0 amide bonds. The number of aromatic hydroxyl groups is 1. The summed E-state index contributed by atoms with van der Waals surface area (Å²) in [6.45, 7) is 2.45. The van der Waals surface area contributed by atoms with Crippen LogP contribution in [-0.2, 0) is 11.2 Å². The van der Waals surface area contributed by atoms with Crippen LogP contribution < -0.4 is 4.74 Å². The van der Waals surface area contributed by atoms with Gasteiger partial charge < -0.3 is 19.7 Å². The number of aliphatic hydroxyl groups is 1. The molecule has 1 fully saturated rings. The summed E-state index contributed by atoms with van der Waals surface area (Å²) in [4.78, 5) is 0. The van der Waals surface area contributed by atoms with Crippen molar-refractivity contribution in [3.8, 4) is 11.5 Å². The summed E-state index contributed by atoms with van der Waals surface area (Å²) in [5, 5.41) is 18.7. The van der Waals surface area contributed by atoms with Crippen LogP contribution in [0.5, 0.6) is 11.5 Å². The monoisotopic (exact) mass is 237 g/mol. The van der Waals surface area contributed by atoms with E-state index < -0.39 is 0 Å². The Morgan fingerprint density at radius 1 is 1.47 bits per heavy atom. The maximum absolute atomic E-state index is 9.50. The molecule has 2 unspecified atom stereocenters. The molecule has 2 rings (SSSR count). The van der Waals surface area contributed by atoms with E-state index in [-0.39, 0.29) is 24.2 Å². The second-order valence-corrected chi connectivity index (χ2v) is 4.29. The number of aliphatic hydroxyl groups excluding tert-OH is 1. The molecule has 93 valence electrons. The minimum atomic E-state index is 0.0924. The van der Waals surface area contributed by atoms with Gasteiger partial charge in [0.15, 0.2) is 11.5 Å². The fraction of sp³-hybridized carbons (Fsp3) is 0.462. The van der Waals surface area contributed by atoms with Crippen molar-refractivity contribution < 1.29 is 19.7 Å². The van der Waals surface area contributed by atoms with E-state index in [4.69, 9.17) is 9.47 Å². The average molecular weight is 237 g/mol. The second-order valence-electron chi connectivity index (χ2n) is 4.29. The molecule has 4 nitrogen and oxygen atoms in total. The van der Waals surface area contributed by atoms with Gasteiger partial charge in [-0.1, -0.05) is 6.07 Å². The highest BCUT2D eigenvalue weighted by molar-refractivity contribution is 5.41. The van der Waals surface area contributed by atoms with E-state index in [0.717, 1.165) is 12.0 Å². The van der Waals surface area contributed by atoms with Gasteiger partial charge in [0.2, 0.25) is 0 Å². The normalized spacial score (nSPS) is 23.9. The zero-order valence-corrected chi connectivity index (χ0v) is 9.80. The Morgan fingerprint density at radius 3 is 3.00 bits per heavy atom. The van der Waals surface area contributed by atoms with Gasteiger partial charge in [0, 0.05) is 12.5 Å². The van der Waals surface area contributed by atoms with Gasteiger partial charge in [-0.2, -0.15) is 0 Å². The molecule has 1 heterocycles. The van der Waals surface area contributed by atoms with Crippen molar-refractivity contribution >= 4 is 0 Å². The first-order chi connectivity index (χ1) is 8.24. The molecule has 0 bridgehead atoms. The van der Waals surface area contributed by atoms with Crippen LogP contribution >= 0.6 is 0 Å². The van der Waals surface area contributed by atoms with Gasteiger partial charge in [-0.3, -0.25) is 0 Å². The van der Waals surface area contributed by atoms with Gasteiger partial charge in [-0.05, 0) is 30.0 Å². The Kier molecular flexibility index (Phi) is 3.86. The van der Waals surface area contributed by atoms with E-state index in [2.05, 4.69) is 0 Å². The van der Waals surface area contributed by atoms with E-state index in [0.29, 0.717) is 12.4 Å². The summed E-state index contributed by atoms with van der Waals surface area (Å²) in [5.41, 5.74) is 1.07. The first-order valence-corrected chi connectivity index (χ1v) is 5.66. The predicted molar refractivity (Wildman–Crippen MR) is 62.7 cm³/mol. The van der Waals surface area contributed by atoms with E-state index in [9.17, 15) is 10.2 Å². The number of ether oxygens (including phenoxy) is 2. The Morgan fingerprint density at radius 2 is 2.29 bits per heavy atom. The fourth-order valence-corrected chi connectivity index (χ4v) is 2.09. The largest absolute Gasteiger partial charge is 0.504 e. The third-order valence-corrected chi connectivity index (χ3v) is 3.14. The Hall–Kier alpha value is -1.26.